The first-order valence-electron chi connectivity index (χ1n) is 22.1. The van der Waals surface area contributed by atoms with E-state index in [-0.39, 0.29) is 26.1 Å². The normalized spacial score (nSPS) is 17.7. The topological polar surface area (TPSA) is 124 Å². The second-order valence-corrected chi connectivity index (χ2v) is 17.5. The van der Waals surface area contributed by atoms with Crippen molar-refractivity contribution < 1.29 is 46.8 Å². The largest absolute Gasteiger partial charge is 0.756 e. The maximum absolute atomic E-state index is 12.7. The highest BCUT2D eigenvalue weighted by Crippen LogP contribution is 2.38. The van der Waals surface area contributed by atoms with Crippen molar-refractivity contribution in [1.82, 2.24) is 0 Å². The zero-order valence-corrected chi connectivity index (χ0v) is 37.4. The Labute approximate surface area is 347 Å². The zero-order chi connectivity index (χ0) is 41.9. The second-order valence-electron chi connectivity index (χ2n) is 16.1. The number of quaternary nitrogens is 1. The van der Waals surface area contributed by atoms with Crippen LogP contribution >= 0.6 is 7.82 Å². The third-order valence-electron chi connectivity index (χ3n) is 9.47. The van der Waals surface area contributed by atoms with E-state index in [9.17, 15) is 19.0 Å². The van der Waals surface area contributed by atoms with Gasteiger partial charge in [-0.1, -0.05) is 152 Å². The number of rotatable bonds is 38. The van der Waals surface area contributed by atoms with Crippen LogP contribution in [0.15, 0.2) is 60.8 Å². The van der Waals surface area contributed by atoms with Crippen molar-refractivity contribution in [3.05, 3.63) is 60.8 Å². The smallest absolute Gasteiger partial charge is 0.306 e. The molecule has 1 aliphatic rings. The summed E-state index contributed by atoms with van der Waals surface area (Å²) < 4.78 is 39.5. The van der Waals surface area contributed by atoms with Gasteiger partial charge in [-0.3, -0.25) is 14.2 Å². The number of phosphoric acid groups is 1. The minimum absolute atomic E-state index is 0.0453. The van der Waals surface area contributed by atoms with E-state index in [0.717, 1.165) is 57.8 Å². The van der Waals surface area contributed by atoms with Gasteiger partial charge in [0, 0.05) is 12.8 Å². The highest BCUT2D eigenvalue weighted by molar-refractivity contribution is 7.45. The number of likely N-dealkylation sites (N-methyl/N-ethyl adjacent to an activating group) is 1. The number of phosphoric ester groups is 1. The van der Waals surface area contributed by atoms with Gasteiger partial charge in [0.1, 0.15) is 19.8 Å². The Morgan fingerprint density at radius 2 is 1.16 bits per heavy atom. The van der Waals surface area contributed by atoms with Gasteiger partial charge < -0.3 is 32.6 Å². The molecule has 0 aromatic heterocycles. The molecule has 0 radical (unpaired) electrons. The number of esters is 2. The van der Waals surface area contributed by atoms with Gasteiger partial charge in [-0.25, -0.2) is 0 Å². The number of unbranched alkanes of at least 4 members (excludes halogenated alkanes) is 12. The lowest BCUT2D eigenvalue weighted by Gasteiger charge is -2.28. The number of carbonyl (C=O) groups excluding carboxylic acids is 2. The highest BCUT2D eigenvalue weighted by Gasteiger charge is 2.36. The van der Waals surface area contributed by atoms with Crippen LogP contribution in [-0.4, -0.2) is 82.2 Å². The molecule has 10 nitrogen and oxygen atoms in total. The van der Waals surface area contributed by atoms with Gasteiger partial charge in [0.2, 0.25) is 0 Å². The summed E-state index contributed by atoms with van der Waals surface area (Å²) in [4.78, 5) is 37.5. The van der Waals surface area contributed by atoms with E-state index in [1.54, 1.807) is 0 Å². The summed E-state index contributed by atoms with van der Waals surface area (Å²) in [7, 11) is 1.12. The molecule has 0 N–H and O–H groups in total. The molecule has 1 aliphatic heterocycles. The summed E-state index contributed by atoms with van der Waals surface area (Å²) >= 11 is 0. The van der Waals surface area contributed by atoms with Crippen LogP contribution < -0.4 is 4.89 Å². The van der Waals surface area contributed by atoms with E-state index in [0.29, 0.717) is 36.1 Å². The van der Waals surface area contributed by atoms with Gasteiger partial charge in [-0.15, -0.1) is 0 Å². The van der Waals surface area contributed by atoms with Gasteiger partial charge in [0.15, 0.2) is 6.10 Å². The van der Waals surface area contributed by atoms with E-state index >= 15 is 0 Å². The Hall–Kier alpha value is -2.33. The van der Waals surface area contributed by atoms with E-state index in [1.807, 2.05) is 33.3 Å². The van der Waals surface area contributed by atoms with Gasteiger partial charge in [-0.2, -0.15) is 0 Å². The molecule has 0 aromatic carbocycles. The Balaban J connectivity index is 2.32. The quantitative estimate of drug-likeness (QED) is 0.0149. The molecule has 0 aromatic rings. The SMILES string of the molecule is CC/C=C\CC1OC1C/C=C\C/C=C\C/C=C\C/C=C\CCC(=O)OC[C@H](COP(=O)([O-])OCC[N+](C)(C)C)OC(=O)CCCCCCCCCCCCCCC. The standard InChI is InChI=1S/C46H80NO9P/c1-6-8-10-11-12-13-14-15-20-23-26-29-33-37-46(49)55-42(41-54-57(50,51)53-39-38-47(3,4)5)40-52-45(48)36-32-28-25-22-19-17-16-18-21-24-27-31-35-44-43(56-44)34-30-9-7-2/h9,17-19,21,25,27-28,30-31,42-44H,6-8,10-16,20,22-24,26,29,32-41H2,1-5H3/b19-17-,21-18-,28-25-,30-9-,31-27-/t42-,43?,44?/m1/s1. The van der Waals surface area contributed by atoms with E-state index in [2.05, 4.69) is 62.5 Å². The number of epoxide rings is 1. The fourth-order valence-electron chi connectivity index (χ4n) is 5.90. The number of nitrogens with zero attached hydrogens (tertiary/aromatic N) is 1. The zero-order valence-electron chi connectivity index (χ0n) is 36.5. The van der Waals surface area contributed by atoms with Crippen molar-refractivity contribution in [2.75, 3.05) is 47.5 Å². The van der Waals surface area contributed by atoms with Crippen molar-refractivity contribution in [2.24, 2.45) is 0 Å². The molecule has 1 saturated heterocycles. The molecule has 3 unspecified atom stereocenters. The van der Waals surface area contributed by atoms with Crippen molar-refractivity contribution >= 4 is 19.8 Å². The first-order valence-corrected chi connectivity index (χ1v) is 23.6. The maximum atomic E-state index is 12.7. The predicted molar refractivity (Wildman–Crippen MR) is 231 cm³/mol. The van der Waals surface area contributed by atoms with Crippen LogP contribution in [0, 0.1) is 0 Å². The van der Waals surface area contributed by atoms with Crippen LogP contribution in [0.3, 0.4) is 0 Å². The van der Waals surface area contributed by atoms with Gasteiger partial charge >= 0.3 is 11.9 Å². The van der Waals surface area contributed by atoms with E-state index in [4.69, 9.17) is 23.3 Å². The van der Waals surface area contributed by atoms with Crippen LogP contribution in [-0.2, 0) is 37.4 Å². The minimum Gasteiger partial charge on any atom is -0.756 e. The van der Waals surface area contributed by atoms with E-state index in [1.165, 1.54) is 57.8 Å². The molecule has 0 aliphatic carbocycles. The van der Waals surface area contributed by atoms with Crippen LogP contribution in [0.25, 0.3) is 0 Å². The molecular formula is C46H80NO9P. The molecule has 1 fully saturated rings. The van der Waals surface area contributed by atoms with Crippen molar-refractivity contribution in [3.63, 3.8) is 0 Å². The van der Waals surface area contributed by atoms with Gasteiger partial charge in [0.05, 0.1) is 40.0 Å². The average molecular weight is 822 g/mol. The molecule has 11 heteroatoms. The highest BCUT2D eigenvalue weighted by atomic mass is 31.2. The van der Waals surface area contributed by atoms with Crippen molar-refractivity contribution in [3.8, 4) is 0 Å². The Kier molecular flexibility index (Phi) is 31.9. The first kappa shape index (κ1) is 52.7. The number of carbonyl (C=O) groups is 2. The maximum Gasteiger partial charge on any atom is 0.306 e. The summed E-state index contributed by atoms with van der Waals surface area (Å²) in [6.45, 7) is 4.01. The van der Waals surface area contributed by atoms with Crippen molar-refractivity contribution in [2.45, 2.75) is 173 Å². The molecule has 0 saturated carbocycles. The van der Waals surface area contributed by atoms with Crippen LogP contribution in [0.1, 0.15) is 155 Å². The molecule has 1 rings (SSSR count). The van der Waals surface area contributed by atoms with Crippen molar-refractivity contribution in [1.29, 1.82) is 0 Å². The molecule has 0 spiro atoms. The Morgan fingerprint density at radius 1 is 0.649 bits per heavy atom. The van der Waals surface area contributed by atoms with Crippen LogP contribution in [0.4, 0.5) is 0 Å². The number of allylic oxidation sites excluding steroid dienone is 8. The third kappa shape index (κ3) is 35.3. The fourth-order valence-corrected chi connectivity index (χ4v) is 6.63. The summed E-state index contributed by atoms with van der Waals surface area (Å²) in [6, 6.07) is 0. The van der Waals surface area contributed by atoms with E-state index < -0.39 is 32.5 Å². The summed E-state index contributed by atoms with van der Waals surface area (Å²) in [6.07, 6.45) is 43.0. The molecule has 4 atom stereocenters. The summed E-state index contributed by atoms with van der Waals surface area (Å²) in [5, 5.41) is 0. The van der Waals surface area contributed by atoms with Crippen LogP contribution in [0.2, 0.25) is 0 Å². The second kappa shape index (κ2) is 34.5. The Morgan fingerprint density at radius 3 is 1.70 bits per heavy atom. The molecular weight excluding hydrogens is 741 g/mol. The predicted octanol–water partition coefficient (Wildman–Crippen LogP) is 10.8. The molecule has 57 heavy (non-hydrogen) atoms. The third-order valence-corrected chi connectivity index (χ3v) is 10.4. The minimum atomic E-state index is -4.64. The van der Waals surface area contributed by atoms with Gasteiger partial charge in [0.25, 0.3) is 7.82 Å². The lowest BCUT2D eigenvalue weighted by molar-refractivity contribution is -0.870. The van der Waals surface area contributed by atoms with Gasteiger partial charge in [-0.05, 0) is 51.4 Å². The average Bonchev–Trinajstić information content (AvgIpc) is 3.91. The monoisotopic (exact) mass is 822 g/mol. The van der Waals surface area contributed by atoms with Crippen LogP contribution in [0.5, 0.6) is 0 Å². The summed E-state index contributed by atoms with van der Waals surface area (Å²) in [5.41, 5.74) is 0. The number of hydrogen-bond acceptors (Lipinski definition) is 9. The lowest BCUT2D eigenvalue weighted by atomic mass is 10.0. The molecule has 0 bridgehead atoms. The molecule has 1 heterocycles. The molecule has 328 valence electrons. The number of hydrogen-bond donors (Lipinski definition) is 0. The lowest BCUT2D eigenvalue weighted by Crippen LogP contribution is -2.37. The summed E-state index contributed by atoms with van der Waals surface area (Å²) in [5.74, 6) is -0.938. The molecule has 0 amide bonds. The Bertz CT molecular complexity index is 1220. The fraction of sp³-hybridized carbons (Fsp3) is 0.739. The number of ether oxygens (including phenoxy) is 3. The first-order chi connectivity index (χ1) is 27.5.